The van der Waals surface area contributed by atoms with Gasteiger partial charge in [0.25, 0.3) is 0 Å². The molecular formula is C24H24Cl2F2N4O3. The number of hydrogen-bond donors (Lipinski definition) is 3. The predicted molar refractivity (Wildman–Crippen MR) is 131 cm³/mol. The monoisotopic (exact) mass is 524 g/mol. The second-order valence-corrected chi connectivity index (χ2v) is 9.83. The van der Waals surface area contributed by atoms with Gasteiger partial charge in [-0.2, -0.15) is 0 Å². The van der Waals surface area contributed by atoms with Crippen molar-refractivity contribution in [3.63, 3.8) is 0 Å². The van der Waals surface area contributed by atoms with Gasteiger partial charge < -0.3 is 25.1 Å². The number of carbonyl (C=O) groups excluding carboxylic acids is 1. The van der Waals surface area contributed by atoms with E-state index in [0.717, 1.165) is 10.9 Å². The molecule has 186 valence electrons. The van der Waals surface area contributed by atoms with E-state index >= 15 is 0 Å². The van der Waals surface area contributed by atoms with E-state index in [4.69, 9.17) is 32.7 Å². The molecule has 1 aliphatic heterocycles. The molecule has 3 aromatic rings. The molecule has 3 heterocycles. The summed E-state index contributed by atoms with van der Waals surface area (Å²) in [5, 5.41) is 7.22. The number of amides is 2. The average molecular weight is 525 g/mol. The van der Waals surface area contributed by atoms with Crippen LogP contribution in [0.1, 0.15) is 37.3 Å². The molecule has 5 rings (SSSR count). The van der Waals surface area contributed by atoms with Crippen molar-refractivity contribution in [3.05, 3.63) is 52.4 Å². The molecule has 3 N–H and O–H groups in total. The Morgan fingerprint density at radius 1 is 1.11 bits per heavy atom. The molecule has 2 amide bonds. The number of rotatable bonds is 4. The lowest BCUT2D eigenvalue weighted by molar-refractivity contribution is -0.224. The van der Waals surface area contributed by atoms with Crippen molar-refractivity contribution in [1.82, 2.24) is 9.97 Å². The van der Waals surface area contributed by atoms with Gasteiger partial charge in [0.2, 0.25) is 5.92 Å². The van der Waals surface area contributed by atoms with E-state index in [9.17, 15) is 13.6 Å². The van der Waals surface area contributed by atoms with Crippen LogP contribution >= 0.6 is 23.2 Å². The van der Waals surface area contributed by atoms with Crippen LogP contribution in [-0.2, 0) is 9.47 Å². The van der Waals surface area contributed by atoms with Gasteiger partial charge >= 0.3 is 6.03 Å². The molecule has 2 aromatic heterocycles. The second-order valence-electron chi connectivity index (χ2n) is 8.99. The minimum Gasteiger partial charge on any atom is -0.359 e. The molecular weight excluding hydrogens is 501 g/mol. The summed E-state index contributed by atoms with van der Waals surface area (Å²) in [6.07, 6.45) is 3.23. The molecule has 7 nitrogen and oxygen atoms in total. The van der Waals surface area contributed by atoms with Crippen molar-refractivity contribution < 1.29 is 23.0 Å². The van der Waals surface area contributed by atoms with Gasteiger partial charge in [-0.05, 0) is 37.1 Å². The molecule has 1 saturated heterocycles. The third-order valence-corrected chi connectivity index (χ3v) is 7.01. The number of aromatic amines is 1. The third kappa shape index (κ3) is 5.53. The number of ether oxygens (including phenoxy) is 2. The SMILES string of the molecule is O=C(Nc1cnc(C2COC(C3CCC(F)(F)CC3)OC2)c(Cl)c1)Nc1c[nH]c2ccc(Cl)cc12. The molecule has 1 aromatic carbocycles. The summed E-state index contributed by atoms with van der Waals surface area (Å²) in [5.41, 5.74) is 2.45. The first-order valence-corrected chi connectivity index (χ1v) is 12.1. The lowest BCUT2D eigenvalue weighted by Crippen LogP contribution is -2.39. The number of H-pyrrole nitrogens is 1. The summed E-state index contributed by atoms with van der Waals surface area (Å²) in [7, 11) is 0. The Balaban J connectivity index is 1.17. The van der Waals surface area contributed by atoms with Crippen molar-refractivity contribution in [2.45, 2.75) is 43.8 Å². The van der Waals surface area contributed by atoms with Gasteiger partial charge in [0.1, 0.15) is 0 Å². The quantitative estimate of drug-likeness (QED) is 0.350. The van der Waals surface area contributed by atoms with E-state index in [1.54, 1.807) is 24.4 Å². The number of nitrogens with one attached hydrogen (secondary N) is 3. The highest BCUT2D eigenvalue weighted by Gasteiger charge is 2.40. The van der Waals surface area contributed by atoms with E-state index in [2.05, 4.69) is 20.6 Å². The molecule has 0 bridgehead atoms. The van der Waals surface area contributed by atoms with Gasteiger partial charge in [0.15, 0.2) is 6.29 Å². The Morgan fingerprint density at radius 3 is 2.57 bits per heavy atom. The fourth-order valence-corrected chi connectivity index (χ4v) is 5.07. The topological polar surface area (TPSA) is 88.3 Å². The molecule has 0 spiro atoms. The maximum atomic E-state index is 13.4. The van der Waals surface area contributed by atoms with Crippen molar-refractivity contribution in [1.29, 1.82) is 0 Å². The van der Waals surface area contributed by atoms with Crippen LogP contribution in [0.2, 0.25) is 10.0 Å². The van der Waals surface area contributed by atoms with Crippen molar-refractivity contribution in [2.75, 3.05) is 23.8 Å². The lowest BCUT2D eigenvalue weighted by atomic mass is 9.86. The number of urea groups is 1. The number of pyridine rings is 1. The van der Waals surface area contributed by atoms with Crippen LogP contribution in [0.4, 0.5) is 25.0 Å². The summed E-state index contributed by atoms with van der Waals surface area (Å²) < 4.78 is 38.5. The van der Waals surface area contributed by atoms with Gasteiger partial charge in [0, 0.05) is 46.8 Å². The molecule has 2 aliphatic rings. The van der Waals surface area contributed by atoms with Crippen molar-refractivity contribution in [3.8, 4) is 0 Å². The number of aromatic nitrogens is 2. The second kappa shape index (κ2) is 9.89. The first-order chi connectivity index (χ1) is 16.8. The number of carbonyl (C=O) groups is 1. The maximum Gasteiger partial charge on any atom is 0.323 e. The summed E-state index contributed by atoms with van der Waals surface area (Å²) in [4.78, 5) is 20.0. The highest BCUT2D eigenvalue weighted by Crippen LogP contribution is 2.40. The minimum absolute atomic E-state index is 0.0303. The zero-order chi connectivity index (χ0) is 24.6. The Hall–Kier alpha value is -2.46. The van der Waals surface area contributed by atoms with E-state index in [0.29, 0.717) is 53.2 Å². The van der Waals surface area contributed by atoms with Gasteiger partial charge in [-0.1, -0.05) is 23.2 Å². The number of halogens is 4. The number of hydrogen-bond acceptors (Lipinski definition) is 4. The number of alkyl halides is 2. The van der Waals surface area contributed by atoms with Crippen LogP contribution in [0.5, 0.6) is 0 Å². The standard InChI is InChI=1S/C24H24Cl2F2N4O3/c25-15-1-2-19-17(7-15)20(10-29-19)32-23(33)31-16-8-18(26)21(30-9-16)14-11-34-22(35-12-14)13-3-5-24(27,28)6-4-13/h1-2,7-10,13-14,22,29H,3-6,11-12H2,(H2,31,32,33). The number of nitrogens with zero attached hydrogens (tertiary/aromatic N) is 1. The molecule has 0 atom stereocenters. The Morgan fingerprint density at radius 2 is 1.86 bits per heavy atom. The number of benzene rings is 1. The zero-order valence-electron chi connectivity index (χ0n) is 18.6. The van der Waals surface area contributed by atoms with E-state index < -0.39 is 18.2 Å². The molecule has 2 fully saturated rings. The summed E-state index contributed by atoms with van der Waals surface area (Å²) in [5.74, 6) is -2.80. The van der Waals surface area contributed by atoms with Crippen LogP contribution in [0.3, 0.4) is 0 Å². The first kappa shape index (κ1) is 24.2. The minimum atomic E-state index is -2.58. The van der Waals surface area contributed by atoms with Crippen LogP contribution in [0, 0.1) is 5.92 Å². The average Bonchev–Trinajstić information content (AvgIpc) is 3.21. The summed E-state index contributed by atoms with van der Waals surface area (Å²) in [6.45, 7) is 0.668. The van der Waals surface area contributed by atoms with Gasteiger partial charge in [-0.3, -0.25) is 4.98 Å². The smallest absolute Gasteiger partial charge is 0.323 e. The fourth-order valence-electron chi connectivity index (χ4n) is 4.58. The molecule has 11 heteroatoms. The third-order valence-electron chi connectivity index (χ3n) is 6.48. The van der Waals surface area contributed by atoms with Crippen LogP contribution in [0.25, 0.3) is 10.9 Å². The summed E-state index contributed by atoms with van der Waals surface area (Å²) in [6, 6.07) is 6.52. The maximum absolute atomic E-state index is 13.4. The molecule has 1 aliphatic carbocycles. The Kier molecular flexibility index (Phi) is 6.85. The largest absolute Gasteiger partial charge is 0.359 e. The zero-order valence-corrected chi connectivity index (χ0v) is 20.1. The van der Waals surface area contributed by atoms with Gasteiger partial charge in [-0.25, -0.2) is 13.6 Å². The van der Waals surface area contributed by atoms with E-state index in [-0.39, 0.29) is 24.7 Å². The van der Waals surface area contributed by atoms with Crippen LogP contribution in [0.15, 0.2) is 36.7 Å². The first-order valence-electron chi connectivity index (χ1n) is 11.4. The van der Waals surface area contributed by atoms with Crippen molar-refractivity contribution >= 4 is 51.5 Å². The Labute approximate surface area is 210 Å². The summed E-state index contributed by atoms with van der Waals surface area (Å²) >= 11 is 12.5. The van der Waals surface area contributed by atoms with Crippen LogP contribution in [-0.4, -0.2) is 41.4 Å². The highest BCUT2D eigenvalue weighted by atomic mass is 35.5. The molecule has 1 saturated carbocycles. The van der Waals surface area contributed by atoms with Gasteiger partial charge in [0.05, 0.1) is 41.5 Å². The number of fused-ring (bicyclic) bond motifs is 1. The van der Waals surface area contributed by atoms with E-state index in [1.165, 1.54) is 6.20 Å². The molecule has 0 unspecified atom stereocenters. The Bertz CT molecular complexity index is 1220. The van der Waals surface area contributed by atoms with Crippen molar-refractivity contribution in [2.24, 2.45) is 5.92 Å². The highest BCUT2D eigenvalue weighted by molar-refractivity contribution is 6.32. The van der Waals surface area contributed by atoms with Crippen LogP contribution < -0.4 is 10.6 Å². The normalized spacial score (nSPS) is 22.7. The van der Waals surface area contributed by atoms with Gasteiger partial charge in [-0.15, -0.1) is 0 Å². The fraction of sp³-hybridized carbons (Fsp3) is 0.417. The lowest BCUT2D eigenvalue weighted by Gasteiger charge is -2.37. The van der Waals surface area contributed by atoms with E-state index in [1.807, 2.05) is 6.07 Å². The predicted octanol–water partition coefficient (Wildman–Crippen LogP) is 6.80. The molecule has 0 radical (unpaired) electrons. The molecule has 35 heavy (non-hydrogen) atoms. The number of anilines is 2.